The Hall–Kier alpha value is -0.990. The molecule has 0 atom stereocenters. The Labute approximate surface area is 47.1 Å². The minimum Gasteiger partial charge on any atom is -0.329 e. The van der Waals surface area contributed by atoms with Crippen LogP contribution in [0, 0.1) is 0 Å². The van der Waals surface area contributed by atoms with Gasteiger partial charge in [0.15, 0.2) is 0 Å². The molecular weight excluding hydrogens is 104 g/mol. The molecule has 0 saturated heterocycles. The lowest BCUT2D eigenvalue weighted by Gasteiger charge is -1.87. The second kappa shape index (κ2) is 1.86. The highest BCUT2D eigenvalue weighted by atomic mass is 16.1. The van der Waals surface area contributed by atoms with Gasteiger partial charge in [-0.15, -0.1) is 0 Å². The van der Waals surface area contributed by atoms with E-state index in [0.717, 1.165) is 0 Å². The van der Waals surface area contributed by atoms with Crippen molar-refractivity contribution in [3.8, 4) is 0 Å². The minimum atomic E-state index is -0.118. The molecule has 0 saturated carbocycles. The summed E-state index contributed by atoms with van der Waals surface area (Å²) in [4.78, 5) is 16.5. The number of nitrogens with zero attached hydrogens (tertiary/aromatic N) is 1. The molecule has 1 amide bonds. The Kier molecular flexibility index (Phi) is 1.20. The van der Waals surface area contributed by atoms with Crippen LogP contribution in [-0.4, -0.2) is 18.0 Å². The lowest BCUT2D eigenvalue weighted by atomic mass is 10.3. The molecule has 0 fully saturated rings. The van der Waals surface area contributed by atoms with E-state index in [9.17, 15) is 4.79 Å². The van der Waals surface area contributed by atoms with E-state index in [2.05, 4.69) is 16.3 Å². The Morgan fingerprint density at radius 1 is 1.88 bits per heavy atom. The van der Waals surface area contributed by atoms with E-state index in [0.29, 0.717) is 12.1 Å². The van der Waals surface area contributed by atoms with Gasteiger partial charge in [0, 0.05) is 0 Å². The van der Waals surface area contributed by atoms with Crippen LogP contribution >= 0.6 is 0 Å². The molecule has 0 radical (unpaired) electrons. The van der Waals surface area contributed by atoms with Gasteiger partial charge in [-0.1, -0.05) is 6.92 Å². The van der Waals surface area contributed by atoms with E-state index in [4.69, 9.17) is 0 Å². The summed E-state index contributed by atoms with van der Waals surface area (Å²) in [5, 5.41) is 0. The summed E-state index contributed by atoms with van der Waals surface area (Å²) in [6, 6.07) is 0. The van der Waals surface area contributed by atoms with Crippen LogP contribution in [0.3, 0.4) is 0 Å². The highest BCUT2D eigenvalue weighted by Crippen LogP contribution is 1.82. The van der Waals surface area contributed by atoms with E-state index in [1.165, 1.54) is 0 Å². The molecule has 0 aromatic heterocycles. The number of hydrogen-bond donors (Lipinski definition) is 1. The number of carbonyl (C=O) groups excluding carboxylic acids is 1. The molecule has 1 rings (SSSR count). The number of aliphatic imine (C=N–C) groups is 1. The molecule has 1 aliphatic heterocycles. The van der Waals surface area contributed by atoms with Crippen LogP contribution in [0.25, 0.3) is 0 Å². The molecule has 0 aromatic rings. The molecule has 3 nitrogen and oxygen atoms in total. The Morgan fingerprint density at radius 3 is 2.88 bits per heavy atom. The largest absolute Gasteiger partial charge is 0.329 e. The number of amides is 1. The van der Waals surface area contributed by atoms with Crippen LogP contribution in [0.1, 0.15) is 13.3 Å². The summed E-state index contributed by atoms with van der Waals surface area (Å²) in [5.41, 5.74) is 0.560. The number of carbonyl (C=O) groups is 1. The zero-order chi connectivity index (χ0) is 5.98. The van der Waals surface area contributed by atoms with Gasteiger partial charge in [0.2, 0.25) is 12.2 Å². The molecule has 0 spiro atoms. The zero-order valence-corrected chi connectivity index (χ0v) is 4.56. The second-order valence-corrected chi connectivity index (χ2v) is 1.48. The predicted octanol–water partition coefficient (Wildman–Crippen LogP) is -1.64. The lowest BCUT2D eigenvalue weighted by Crippen LogP contribution is -2.72. The second-order valence-electron chi connectivity index (χ2n) is 1.48. The maximum atomic E-state index is 10.5. The van der Waals surface area contributed by atoms with Crippen molar-refractivity contribution in [2.24, 2.45) is 4.99 Å². The number of nitrogens with one attached hydrogen (secondary N) is 1. The van der Waals surface area contributed by atoms with Gasteiger partial charge in [-0.05, 0) is 6.42 Å². The fraction of sp³-hybridized carbons (Fsp3) is 0.400. The molecule has 0 bridgehead atoms. The van der Waals surface area contributed by atoms with Gasteiger partial charge in [-0.2, -0.15) is 4.99 Å². The Balaban J connectivity index is 2.73. The molecule has 3 heteroatoms. The molecule has 0 aromatic carbocycles. The average molecular weight is 110 g/mol. The third kappa shape index (κ3) is 0.665. The maximum Gasteiger partial charge on any atom is 0.247 e. The average Bonchev–Trinajstić information content (AvgIpc) is 2.14. The van der Waals surface area contributed by atoms with Gasteiger partial charge < -0.3 is 9.79 Å². The van der Waals surface area contributed by atoms with Crippen molar-refractivity contribution in [1.29, 1.82) is 0 Å². The van der Waals surface area contributed by atoms with Crippen LogP contribution < -0.4 is 4.99 Å². The van der Waals surface area contributed by atoms with Crippen LogP contribution in [0.2, 0.25) is 0 Å². The van der Waals surface area contributed by atoms with E-state index < -0.39 is 0 Å². The van der Waals surface area contributed by atoms with Crippen molar-refractivity contribution in [3.63, 3.8) is 0 Å². The molecular formula is C5H6N2O. The first kappa shape index (κ1) is 5.15. The normalized spacial score (nSPS) is 17.1. The van der Waals surface area contributed by atoms with Crippen LogP contribution in [0.4, 0.5) is 0 Å². The van der Waals surface area contributed by atoms with Crippen molar-refractivity contribution in [3.05, 3.63) is 0 Å². The Morgan fingerprint density at radius 2 is 2.62 bits per heavy atom. The summed E-state index contributed by atoms with van der Waals surface area (Å²) in [6.45, 7) is 1.88. The summed E-state index contributed by atoms with van der Waals surface area (Å²) in [5.74, 6) is -0.118. The minimum absolute atomic E-state index is 0.118. The van der Waals surface area contributed by atoms with E-state index in [1.54, 1.807) is 0 Å². The fourth-order valence-electron chi connectivity index (χ4n) is 0.509. The van der Waals surface area contributed by atoms with Gasteiger partial charge in [0.25, 0.3) is 0 Å². The number of rotatable bonds is 1. The smallest absolute Gasteiger partial charge is 0.247 e. The molecule has 42 valence electrons. The van der Waals surface area contributed by atoms with Crippen LogP contribution in [-0.2, 0) is 4.79 Å². The van der Waals surface area contributed by atoms with Gasteiger partial charge in [-0.3, -0.25) is 0 Å². The molecule has 1 aliphatic rings. The monoisotopic (exact) mass is 110 g/mol. The zero-order valence-electron chi connectivity index (χ0n) is 4.56. The first-order valence-corrected chi connectivity index (χ1v) is 2.46. The predicted molar refractivity (Wildman–Crippen MR) is 28.7 cm³/mol. The van der Waals surface area contributed by atoms with E-state index >= 15 is 0 Å². The van der Waals surface area contributed by atoms with Crippen molar-refractivity contribution < 1.29 is 9.79 Å². The first-order chi connectivity index (χ1) is 3.84. The molecule has 1 N–H and O–H groups in total. The third-order valence-corrected chi connectivity index (χ3v) is 0.957. The lowest BCUT2D eigenvalue weighted by molar-refractivity contribution is -0.360. The summed E-state index contributed by atoms with van der Waals surface area (Å²) >= 11 is 0. The van der Waals surface area contributed by atoms with Crippen molar-refractivity contribution in [2.45, 2.75) is 13.3 Å². The third-order valence-electron chi connectivity index (χ3n) is 0.957. The summed E-state index contributed by atoms with van der Waals surface area (Å²) < 4.78 is 0. The van der Waals surface area contributed by atoms with E-state index in [1.807, 2.05) is 6.92 Å². The topological polar surface area (TPSA) is 43.4 Å². The van der Waals surface area contributed by atoms with Gasteiger partial charge in [-0.25, -0.2) is 0 Å². The fourth-order valence-corrected chi connectivity index (χ4v) is 0.509. The van der Waals surface area contributed by atoms with Crippen molar-refractivity contribution in [2.75, 3.05) is 0 Å². The van der Waals surface area contributed by atoms with Gasteiger partial charge >= 0.3 is 0 Å². The molecule has 1 heterocycles. The van der Waals surface area contributed by atoms with Gasteiger partial charge in [0.05, 0.1) is 5.71 Å². The SMILES string of the molecule is CCC1=N[C-]=[NH+]C1=O. The molecule has 0 aliphatic carbocycles. The Bertz CT molecular complexity index is 169. The van der Waals surface area contributed by atoms with Crippen LogP contribution in [0.5, 0.6) is 0 Å². The summed E-state index contributed by atoms with van der Waals surface area (Å²) in [6.07, 6.45) is 3.04. The first-order valence-electron chi connectivity index (χ1n) is 2.46. The quantitative estimate of drug-likeness (QED) is 0.404. The highest BCUT2D eigenvalue weighted by Gasteiger charge is 2.06. The molecule has 0 unspecified atom stereocenters. The van der Waals surface area contributed by atoms with Crippen LogP contribution in [0.15, 0.2) is 4.99 Å². The standard InChI is InChI=1S/C5H6N2O/c1-2-4-5(8)7-3-6-4/h7H,2H2,1H3. The number of hydrogen-bond acceptors (Lipinski definition) is 2. The van der Waals surface area contributed by atoms with E-state index in [-0.39, 0.29) is 5.91 Å². The summed E-state index contributed by atoms with van der Waals surface area (Å²) in [7, 11) is 0. The van der Waals surface area contributed by atoms with Crippen molar-refractivity contribution in [1.82, 2.24) is 0 Å². The van der Waals surface area contributed by atoms with Crippen molar-refractivity contribution >= 4 is 18.0 Å². The van der Waals surface area contributed by atoms with Gasteiger partial charge in [0.1, 0.15) is 0 Å². The maximum absolute atomic E-state index is 10.5. The molecule has 8 heavy (non-hydrogen) atoms. The highest BCUT2D eigenvalue weighted by molar-refractivity contribution is 6.37.